The first-order valence-electron chi connectivity index (χ1n) is 8.43. The van der Waals surface area contributed by atoms with Gasteiger partial charge < -0.3 is 19.3 Å². The summed E-state index contributed by atoms with van der Waals surface area (Å²) in [6.07, 6.45) is 4.95. The average molecular weight is 303 g/mol. The van der Waals surface area contributed by atoms with Gasteiger partial charge in [0.1, 0.15) is 5.82 Å². The normalized spacial score (nSPS) is 35.0. The maximum absolute atomic E-state index is 5.84. The molecule has 4 rings (SSSR count). The molecule has 5 nitrogen and oxygen atoms in total. The molecule has 4 heterocycles. The van der Waals surface area contributed by atoms with Crippen molar-refractivity contribution in [2.75, 3.05) is 36.1 Å². The van der Waals surface area contributed by atoms with E-state index in [0.717, 1.165) is 32.1 Å². The number of aromatic nitrogens is 1. The number of fused-ring (bicyclic) bond motifs is 2. The van der Waals surface area contributed by atoms with Crippen LogP contribution in [0.1, 0.15) is 26.7 Å². The summed E-state index contributed by atoms with van der Waals surface area (Å²) in [5.41, 5.74) is 1.26. The minimum Gasteiger partial charge on any atom is -0.377 e. The van der Waals surface area contributed by atoms with Crippen LogP contribution in [0.5, 0.6) is 0 Å². The van der Waals surface area contributed by atoms with Gasteiger partial charge in [-0.3, -0.25) is 0 Å². The monoisotopic (exact) mass is 303 g/mol. The Labute approximate surface area is 132 Å². The summed E-state index contributed by atoms with van der Waals surface area (Å²) in [5, 5.41) is 0. The molecule has 0 aromatic carbocycles. The van der Waals surface area contributed by atoms with Gasteiger partial charge in [0.15, 0.2) is 0 Å². The summed E-state index contributed by atoms with van der Waals surface area (Å²) in [6, 6.07) is 5.38. The lowest BCUT2D eigenvalue weighted by molar-refractivity contribution is -0.00522. The molecule has 4 atom stereocenters. The standard InChI is InChI=1S/C17H25N3O2/c1-12-8-19(9-13(2)22-12)14-5-6-18-17(7-14)20-15-3-4-16(20)11-21-10-15/h5-7,12-13,15-16H,3-4,8-11H2,1-2H3/t12-,13+,15?,16?. The topological polar surface area (TPSA) is 37.8 Å². The highest BCUT2D eigenvalue weighted by atomic mass is 16.5. The minimum absolute atomic E-state index is 0.278. The summed E-state index contributed by atoms with van der Waals surface area (Å²) in [7, 11) is 0. The van der Waals surface area contributed by atoms with Crippen molar-refractivity contribution in [3.05, 3.63) is 18.3 Å². The molecular formula is C17H25N3O2. The smallest absolute Gasteiger partial charge is 0.131 e. The van der Waals surface area contributed by atoms with Crippen molar-refractivity contribution in [1.29, 1.82) is 0 Å². The van der Waals surface area contributed by atoms with Crippen molar-refractivity contribution in [2.45, 2.75) is 51.0 Å². The Hall–Kier alpha value is -1.33. The third kappa shape index (κ3) is 2.57. The zero-order chi connectivity index (χ0) is 15.1. The largest absolute Gasteiger partial charge is 0.377 e. The molecule has 1 aromatic heterocycles. The molecule has 3 fully saturated rings. The van der Waals surface area contributed by atoms with E-state index in [1.165, 1.54) is 18.5 Å². The van der Waals surface area contributed by atoms with E-state index in [1.807, 2.05) is 6.20 Å². The molecule has 120 valence electrons. The van der Waals surface area contributed by atoms with Crippen molar-refractivity contribution in [3.63, 3.8) is 0 Å². The fourth-order valence-electron chi connectivity index (χ4n) is 4.14. The lowest BCUT2D eigenvalue weighted by Crippen LogP contribution is -2.47. The van der Waals surface area contributed by atoms with Gasteiger partial charge in [-0.05, 0) is 32.8 Å². The first kappa shape index (κ1) is 14.3. The van der Waals surface area contributed by atoms with E-state index in [1.54, 1.807) is 0 Å². The number of anilines is 2. The van der Waals surface area contributed by atoms with Gasteiger partial charge in [-0.25, -0.2) is 4.98 Å². The third-order valence-corrected chi connectivity index (χ3v) is 5.02. The first-order valence-corrected chi connectivity index (χ1v) is 8.43. The molecule has 0 amide bonds. The van der Waals surface area contributed by atoms with E-state index in [0.29, 0.717) is 12.1 Å². The summed E-state index contributed by atoms with van der Waals surface area (Å²) in [5.74, 6) is 1.11. The summed E-state index contributed by atoms with van der Waals surface area (Å²) in [4.78, 5) is 9.56. The van der Waals surface area contributed by atoms with Crippen LogP contribution in [-0.2, 0) is 9.47 Å². The number of ether oxygens (including phenoxy) is 2. The molecule has 22 heavy (non-hydrogen) atoms. The van der Waals surface area contributed by atoms with Gasteiger partial charge in [0.05, 0.1) is 37.5 Å². The van der Waals surface area contributed by atoms with E-state index >= 15 is 0 Å². The number of hydrogen-bond donors (Lipinski definition) is 0. The number of pyridine rings is 1. The zero-order valence-corrected chi connectivity index (χ0v) is 13.4. The van der Waals surface area contributed by atoms with E-state index in [9.17, 15) is 0 Å². The average Bonchev–Trinajstić information content (AvgIpc) is 2.76. The van der Waals surface area contributed by atoms with Gasteiger partial charge in [0, 0.05) is 31.0 Å². The second kappa shape index (κ2) is 5.70. The van der Waals surface area contributed by atoms with Gasteiger partial charge >= 0.3 is 0 Å². The Bertz CT molecular complexity index is 512. The van der Waals surface area contributed by atoms with Crippen LogP contribution < -0.4 is 9.80 Å². The van der Waals surface area contributed by atoms with Crippen LogP contribution in [0.25, 0.3) is 0 Å². The minimum atomic E-state index is 0.278. The van der Waals surface area contributed by atoms with Crippen molar-refractivity contribution < 1.29 is 9.47 Å². The quantitative estimate of drug-likeness (QED) is 0.836. The number of morpholine rings is 2. The third-order valence-electron chi connectivity index (χ3n) is 5.02. The van der Waals surface area contributed by atoms with E-state index in [2.05, 4.69) is 40.8 Å². The lowest BCUT2D eigenvalue weighted by atomic mass is 10.2. The molecule has 0 aliphatic carbocycles. The Morgan fingerprint density at radius 2 is 1.77 bits per heavy atom. The fourth-order valence-corrected chi connectivity index (χ4v) is 4.14. The summed E-state index contributed by atoms with van der Waals surface area (Å²) in [6.45, 7) is 7.87. The number of rotatable bonds is 2. The molecule has 0 radical (unpaired) electrons. The molecule has 0 N–H and O–H groups in total. The van der Waals surface area contributed by atoms with Crippen LogP contribution in [0.15, 0.2) is 18.3 Å². The van der Waals surface area contributed by atoms with Crippen LogP contribution >= 0.6 is 0 Å². The molecule has 5 heteroatoms. The second-order valence-corrected chi connectivity index (χ2v) is 6.86. The SMILES string of the molecule is C[C@@H]1CN(c2ccnc(N3C4CCC3COC4)c2)C[C@H](C)O1. The van der Waals surface area contributed by atoms with Crippen LogP contribution in [0.4, 0.5) is 11.5 Å². The van der Waals surface area contributed by atoms with Gasteiger partial charge in [-0.15, -0.1) is 0 Å². The molecular weight excluding hydrogens is 278 g/mol. The molecule has 3 aliphatic heterocycles. The van der Waals surface area contributed by atoms with Crippen molar-refractivity contribution in [3.8, 4) is 0 Å². The Balaban J connectivity index is 1.58. The summed E-state index contributed by atoms with van der Waals surface area (Å²) >= 11 is 0. The van der Waals surface area contributed by atoms with E-state index < -0.39 is 0 Å². The van der Waals surface area contributed by atoms with E-state index in [4.69, 9.17) is 9.47 Å². The maximum Gasteiger partial charge on any atom is 0.131 e. The Morgan fingerprint density at radius 1 is 1.09 bits per heavy atom. The van der Waals surface area contributed by atoms with Crippen LogP contribution in [0, 0.1) is 0 Å². The molecule has 3 aliphatic rings. The highest BCUT2D eigenvalue weighted by Crippen LogP contribution is 2.34. The fraction of sp³-hybridized carbons (Fsp3) is 0.706. The number of nitrogens with zero attached hydrogens (tertiary/aromatic N) is 3. The highest BCUT2D eigenvalue weighted by Gasteiger charge is 2.38. The van der Waals surface area contributed by atoms with Crippen LogP contribution in [0.3, 0.4) is 0 Å². The second-order valence-electron chi connectivity index (χ2n) is 6.86. The molecule has 1 aromatic rings. The van der Waals surface area contributed by atoms with Crippen molar-refractivity contribution >= 4 is 11.5 Å². The zero-order valence-electron chi connectivity index (χ0n) is 13.4. The predicted octanol–water partition coefficient (Wildman–Crippen LogP) is 2.06. The van der Waals surface area contributed by atoms with Crippen molar-refractivity contribution in [2.24, 2.45) is 0 Å². The maximum atomic E-state index is 5.84. The first-order chi connectivity index (χ1) is 10.7. The molecule has 2 unspecified atom stereocenters. The Kier molecular flexibility index (Phi) is 3.70. The molecule has 0 saturated carbocycles. The summed E-state index contributed by atoms with van der Waals surface area (Å²) < 4.78 is 11.5. The van der Waals surface area contributed by atoms with Gasteiger partial charge in [-0.1, -0.05) is 0 Å². The highest BCUT2D eigenvalue weighted by molar-refractivity contribution is 5.57. The Morgan fingerprint density at radius 3 is 2.45 bits per heavy atom. The van der Waals surface area contributed by atoms with Gasteiger partial charge in [0.2, 0.25) is 0 Å². The molecule has 2 bridgehead atoms. The lowest BCUT2D eigenvalue weighted by Gasteiger charge is -2.38. The van der Waals surface area contributed by atoms with Gasteiger partial charge in [-0.2, -0.15) is 0 Å². The predicted molar refractivity (Wildman–Crippen MR) is 86.6 cm³/mol. The van der Waals surface area contributed by atoms with Crippen LogP contribution in [-0.4, -0.2) is 55.6 Å². The van der Waals surface area contributed by atoms with E-state index in [-0.39, 0.29) is 12.2 Å². The van der Waals surface area contributed by atoms with Crippen LogP contribution in [0.2, 0.25) is 0 Å². The molecule has 3 saturated heterocycles. The van der Waals surface area contributed by atoms with Gasteiger partial charge in [0.25, 0.3) is 0 Å². The molecule has 0 spiro atoms. The van der Waals surface area contributed by atoms with Crippen molar-refractivity contribution in [1.82, 2.24) is 4.98 Å². The number of hydrogen-bond acceptors (Lipinski definition) is 5.